The zero-order valence-corrected chi connectivity index (χ0v) is 98.6. The fourth-order valence-corrected chi connectivity index (χ4v) is 28.7. The van der Waals surface area contributed by atoms with Crippen LogP contribution in [0.15, 0.2) is 30.3 Å². The van der Waals surface area contributed by atoms with Crippen LogP contribution in [0.25, 0.3) is 0 Å². The molecule has 0 N–H and O–H groups in total. The molecule has 1 aromatic rings. The minimum Gasteiger partial charge on any atom is -0.462 e. The first-order chi connectivity index (χ1) is 69.0. The van der Waals surface area contributed by atoms with Gasteiger partial charge in [0.1, 0.15) is 42.7 Å². The summed E-state index contributed by atoms with van der Waals surface area (Å²) in [5, 5.41) is 14.9. The van der Waals surface area contributed by atoms with Crippen molar-refractivity contribution < 1.29 is 101 Å². The first-order valence-corrected chi connectivity index (χ1v) is 58.4. The molecule has 13 rings (SSSR count). The monoisotopic (exact) mass is 2080 g/mol. The smallest absolute Gasteiger partial charge is 0.338 e. The topological polar surface area (TPSA) is 271 Å². The summed E-state index contributed by atoms with van der Waals surface area (Å²) < 4.78 is 41.3. The van der Waals surface area contributed by atoms with Gasteiger partial charge >= 0.3 is 41.8 Å². The maximum Gasteiger partial charge on any atom is 0.338 e. The highest BCUT2D eigenvalue weighted by atomic mass is 16.7. The van der Waals surface area contributed by atoms with Crippen molar-refractivity contribution in [3.63, 3.8) is 0 Å². The number of hydrogen-bond donors (Lipinski definition) is 0. The Hall–Kier alpha value is -5.05. The molecule has 12 fully saturated rings. The van der Waals surface area contributed by atoms with Crippen LogP contribution >= 0.6 is 0 Å². The number of carbonyl (C=O) groups excluding carboxylic acids is 7. The minimum absolute atomic E-state index is 0.0217. The molecule has 0 unspecified atom stereocenters. The van der Waals surface area contributed by atoms with Gasteiger partial charge in [0.05, 0.1) is 76.0 Å². The molecule has 0 atom stereocenters. The van der Waals surface area contributed by atoms with Crippen molar-refractivity contribution in [3.05, 3.63) is 35.9 Å². The lowest BCUT2D eigenvalue weighted by Gasteiger charge is -2.54. The Morgan fingerprint density at radius 2 is 0.358 bits per heavy atom. The number of hydrogen-bond acceptors (Lipinski definition) is 28. The SMILES string of the molecule is CC1(C)CC(OC(=O)CCC(=O)OC2CC(C)(C)N(OC3CCCCC3)C(C)(C)C2)CC(C)(C)N1OC1CCCCC1.CC1(C)CC(OC(=O)CCCCCCCCC(=O)OC2CC(C)(C)N(OC3CCCCC3)C(C)(C)C2)CC(C)(C)N1OC1CCCCC1.CC1(C)CC(OC(=O)c2ccccc2)CC(C)(C)N1OC1CCCCC1.CON1C(C)(C)CC(OC(=O)CCC(=O)OC2CC(C)(C)N(OC)C(C)(C)C2)CC1(C)C. The third-order valence-electron chi connectivity index (χ3n) is 33.4. The van der Waals surface area contributed by atoms with Crippen LogP contribution in [0, 0.1) is 0 Å². The average molecular weight is 2090 g/mol. The van der Waals surface area contributed by atoms with Gasteiger partial charge in [0.2, 0.25) is 0 Å². The van der Waals surface area contributed by atoms with E-state index in [2.05, 4.69) is 219 Å². The van der Waals surface area contributed by atoms with Gasteiger partial charge in [-0.3, -0.25) is 53.0 Å². The Morgan fingerprint density at radius 1 is 0.203 bits per heavy atom. The Bertz CT molecular complexity index is 3950. The first kappa shape index (κ1) is 125. The van der Waals surface area contributed by atoms with E-state index in [1.807, 2.05) is 28.3 Å². The second kappa shape index (κ2) is 53.3. The highest BCUT2D eigenvalue weighted by Gasteiger charge is 2.57. The molecule has 7 aliphatic heterocycles. The van der Waals surface area contributed by atoms with Crippen LogP contribution in [-0.4, -0.2) is 242 Å². The average Bonchev–Trinajstić information content (AvgIpc) is 0.771. The molecule has 12 aliphatic rings. The van der Waals surface area contributed by atoms with Crippen molar-refractivity contribution in [2.75, 3.05) is 14.2 Å². The fraction of sp³-hybridized carbons (Fsp3) is 0.892. The van der Waals surface area contributed by atoms with E-state index in [0.717, 1.165) is 141 Å². The Labute approximate surface area is 895 Å². The number of unbranched alkanes of at least 4 members (excludes halogenated alkanes) is 5. The molecule has 0 bridgehead atoms. The van der Waals surface area contributed by atoms with E-state index in [9.17, 15) is 33.6 Å². The summed E-state index contributed by atoms with van der Waals surface area (Å²) >= 11 is 0. The van der Waals surface area contributed by atoms with E-state index in [0.29, 0.717) is 88.1 Å². The molecule has 0 amide bonds. The first-order valence-electron chi connectivity index (χ1n) is 58.4. The molecule has 7 heterocycles. The minimum atomic E-state index is -0.362. The van der Waals surface area contributed by atoms with Crippen molar-refractivity contribution in [3.8, 4) is 0 Å². The maximum atomic E-state index is 12.9. The molecule has 1 aromatic carbocycles. The number of rotatable bonds is 35. The van der Waals surface area contributed by atoms with Gasteiger partial charge in [0, 0.05) is 180 Å². The Morgan fingerprint density at radius 3 is 0.534 bits per heavy atom. The molecule has 5 saturated carbocycles. The van der Waals surface area contributed by atoms with Gasteiger partial charge in [-0.15, -0.1) is 0 Å². The predicted molar refractivity (Wildman–Crippen MR) is 579 cm³/mol. The predicted octanol–water partition coefficient (Wildman–Crippen LogP) is 26.3. The highest BCUT2D eigenvalue weighted by molar-refractivity contribution is 5.89. The number of carbonyl (C=O) groups is 7. The number of ether oxygens (including phenoxy) is 7. The van der Waals surface area contributed by atoms with Gasteiger partial charge < -0.3 is 42.8 Å². The van der Waals surface area contributed by atoms with E-state index in [4.69, 9.17) is 67.0 Å². The largest absolute Gasteiger partial charge is 0.462 e. The van der Waals surface area contributed by atoms with Crippen LogP contribution in [0.1, 0.15) is 532 Å². The van der Waals surface area contributed by atoms with Crippen molar-refractivity contribution in [2.24, 2.45) is 0 Å². The molecular weight excluding hydrogens is 1880 g/mol. The van der Waals surface area contributed by atoms with Gasteiger partial charge in [-0.05, 0) is 283 Å². The lowest BCUT2D eigenvalue weighted by molar-refractivity contribution is -0.318. The summed E-state index contributed by atoms with van der Waals surface area (Å²) in [7, 11) is 3.34. The summed E-state index contributed by atoms with van der Waals surface area (Å²) in [4.78, 5) is 133. The van der Waals surface area contributed by atoms with Crippen LogP contribution in [0.2, 0.25) is 0 Å². The van der Waals surface area contributed by atoms with Gasteiger partial charge in [0.15, 0.2) is 0 Å². The molecule has 5 aliphatic carbocycles. The van der Waals surface area contributed by atoms with Crippen molar-refractivity contribution in [2.45, 2.75) is 672 Å². The summed E-state index contributed by atoms with van der Waals surface area (Å²) in [5.74, 6) is -1.77. The van der Waals surface area contributed by atoms with Crippen molar-refractivity contribution in [1.29, 1.82) is 0 Å². The van der Waals surface area contributed by atoms with E-state index >= 15 is 0 Å². The Balaban J connectivity index is 0.000000207. The van der Waals surface area contributed by atoms with Crippen molar-refractivity contribution in [1.82, 2.24) is 35.4 Å². The number of benzene rings is 1. The number of esters is 7. The number of piperidine rings is 7. The normalized spacial score (nSPS) is 26.2. The molecule has 850 valence electrons. The fourth-order valence-electron chi connectivity index (χ4n) is 28.7. The number of hydroxylamine groups is 14. The molecule has 7 saturated heterocycles. The summed E-state index contributed by atoms with van der Waals surface area (Å²) in [6.45, 7) is 60.5. The van der Waals surface area contributed by atoms with Crippen LogP contribution in [0.4, 0.5) is 0 Å². The second-order valence-corrected chi connectivity index (χ2v) is 55.2. The third-order valence-corrected chi connectivity index (χ3v) is 33.4. The molecule has 28 nitrogen and oxygen atoms in total. The summed E-state index contributed by atoms with van der Waals surface area (Å²) in [5.41, 5.74) is -2.63. The standard InChI is InChI=1S/C40H72N2O6.C34H60N2O6.C24H44N2O6.C22H33NO3/c1-37(2)27-33(28-38(3,4)41(37)47-31-21-15-13-16-22-31)45-35(43)25-19-11-9-10-12-20-26-36(44)46-34-29-39(5,6)42(40(7,8)30-34)48-32-23-17-14-18-24-32;1-31(2)21-27(22-32(3,4)35(31)41-25-15-11-9-12-16-25)39-29(37)19-20-30(38)40-28-23-33(5,6)36(34(7,8)24-28)42-26-17-13-10-14-18-26;1-21(2)13-17(14-22(3,4)25(21)29-9)31-19(27)11-12-20(28)32-18-15-23(5,6)26(30-10)24(7,8)16-18;1-21(2)15-19(25-20(24)17-11-7-5-8-12-17)16-22(3,4)23(21)26-18-13-9-6-10-14-18/h31-34H,9-30H2,1-8H3;25-28H,9-24H2,1-8H3;17-18H,11-16H2,1-10H3;5,7-8,11-12,18-19H,6,9-10,13-16H2,1-4H3. The molecule has 0 spiro atoms. The van der Waals surface area contributed by atoms with Crippen LogP contribution in [-0.2, 0) is 95.8 Å². The van der Waals surface area contributed by atoms with Gasteiger partial charge in [0.25, 0.3) is 0 Å². The Kier molecular flexibility index (Phi) is 45.0. The van der Waals surface area contributed by atoms with E-state index < -0.39 is 0 Å². The van der Waals surface area contributed by atoms with Crippen LogP contribution < -0.4 is 0 Å². The van der Waals surface area contributed by atoms with Gasteiger partial charge in [-0.2, -0.15) is 35.4 Å². The zero-order chi connectivity index (χ0) is 109. The van der Waals surface area contributed by atoms with E-state index in [1.165, 1.54) is 96.3 Å². The molecule has 0 radical (unpaired) electrons. The molecule has 0 aromatic heterocycles. The van der Waals surface area contributed by atoms with Crippen molar-refractivity contribution >= 4 is 41.8 Å². The number of nitrogens with zero attached hydrogens (tertiary/aromatic N) is 7. The second-order valence-electron chi connectivity index (χ2n) is 55.2. The van der Waals surface area contributed by atoms with Gasteiger partial charge in [-0.25, -0.2) is 4.79 Å². The van der Waals surface area contributed by atoms with Gasteiger partial charge in [-0.1, -0.05) is 140 Å². The van der Waals surface area contributed by atoms with E-state index in [1.54, 1.807) is 26.4 Å². The third kappa shape index (κ3) is 36.8. The quantitative estimate of drug-likeness (QED) is 0.0347. The molecular formula is C120H209N7O21. The lowest BCUT2D eigenvalue weighted by atomic mass is 9.80. The van der Waals surface area contributed by atoms with Crippen LogP contribution in [0.3, 0.4) is 0 Å². The van der Waals surface area contributed by atoms with E-state index in [-0.39, 0.29) is 200 Å². The molecule has 148 heavy (non-hydrogen) atoms. The lowest BCUT2D eigenvalue weighted by Crippen LogP contribution is -2.63. The maximum absolute atomic E-state index is 12.9. The van der Waals surface area contributed by atoms with Crippen LogP contribution in [0.5, 0.6) is 0 Å². The molecule has 28 heteroatoms. The summed E-state index contributed by atoms with van der Waals surface area (Å²) in [6.07, 6.45) is 47.8. The summed E-state index contributed by atoms with van der Waals surface area (Å²) in [6, 6.07) is 9.25. The highest BCUT2D eigenvalue weighted by Crippen LogP contribution is 2.50. The zero-order valence-electron chi connectivity index (χ0n) is 98.6.